The van der Waals surface area contributed by atoms with Crippen molar-refractivity contribution in [2.45, 2.75) is 59.3 Å². The molecule has 0 N–H and O–H groups in total. The molecule has 1 aliphatic carbocycles. The summed E-state index contributed by atoms with van der Waals surface area (Å²) >= 11 is 0. The van der Waals surface area contributed by atoms with Crippen molar-refractivity contribution in [3.8, 4) is 0 Å². The molecule has 0 heterocycles. The van der Waals surface area contributed by atoms with Crippen LogP contribution in [0.5, 0.6) is 0 Å². The van der Waals surface area contributed by atoms with E-state index in [2.05, 4.69) is 39.0 Å². The van der Waals surface area contributed by atoms with Crippen LogP contribution in [-0.4, -0.2) is 0 Å². The molecule has 0 spiro atoms. The summed E-state index contributed by atoms with van der Waals surface area (Å²) in [6.07, 6.45) is 15.6. The molecule has 0 amide bonds. The van der Waals surface area contributed by atoms with E-state index < -0.39 is 0 Å². The molecule has 0 radical (unpaired) electrons. The average molecular weight is 355 g/mol. The normalized spacial score (nSPS) is 13.2. The second-order valence-electron chi connectivity index (χ2n) is 4.33. The van der Waals surface area contributed by atoms with Gasteiger partial charge in [-0.25, -0.2) is 11.6 Å². The van der Waals surface area contributed by atoms with Gasteiger partial charge in [0.1, 0.15) is 0 Å². The Morgan fingerprint density at radius 2 is 1.65 bits per heavy atom. The summed E-state index contributed by atoms with van der Waals surface area (Å²) in [5.41, 5.74) is 1.93. The average Bonchev–Trinajstić information content (AvgIpc) is 2.70. The molecule has 0 bridgehead atoms. The fourth-order valence-corrected chi connectivity index (χ4v) is 2.66. The van der Waals surface area contributed by atoms with Crippen LogP contribution in [0, 0.1) is 11.5 Å². The minimum absolute atomic E-state index is 0. The maximum atomic E-state index is 3.52. The third kappa shape index (κ3) is 6.08. The summed E-state index contributed by atoms with van der Waals surface area (Å²) in [7, 11) is 0. The molecular weight excluding hydrogens is 330 g/mol. The molecule has 0 aromatic carbocycles. The minimum Gasteiger partial charge on any atom is -0.269 e. The van der Waals surface area contributed by atoms with Crippen molar-refractivity contribution >= 4 is 24.8 Å². The Bertz CT molecular complexity index is 228. The van der Waals surface area contributed by atoms with Crippen LogP contribution in [0.4, 0.5) is 0 Å². The van der Waals surface area contributed by atoms with E-state index in [0.29, 0.717) is 5.41 Å². The van der Waals surface area contributed by atoms with Crippen LogP contribution in [-0.2, 0) is 26.2 Å². The molecule has 0 aromatic rings. The summed E-state index contributed by atoms with van der Waals surface area (Å²) in [6, 6.07) is 0. The van der Waals surface area contributed by atoms with Crippen molar-refractivity contribution in [3.05, 3.63) is 23.8 Å². The van der Waals surface area contributed by atoms with Gasteiger partial charge < -0.3 is 0 Å². The van der Waals surface area contributed by atoms with Gasteiger partial charge in [0.05, 0.1) is 0 Å². The van der Waals surface area contributed by atoms with E-state index in [9.17, 15) is 0 Å². The molecule has 0 aliphatic heterocycles. The molecule has 1 rings (SSSR count). The van der Waals surface area contributed by atoms with Gasteiger partial charge >= 0.3 is 0 Å². The molecule has 0 atom stereocenters. The molecule has 17 heavy (non-hydrogen) atoms. The van der Waals surface area contributed by atoms with Gasteiger partial charge in [0.15, 0.2) is 0 Å². The molecule has 100 valence electrons. The molecular formula is C14H25Cl2Zr-. The van der Waals surface area contributed by atoms with E-state index >= 15 is 0 Å². The molecule has 0 aromatic heterocycles. The first kappa shape index (κ1) is 23.1. The standard InChI is InChI=1S/C14H23.2ClH.Zr/c1-4-11-14(6-3,12-5-2)13-9-7-8-10-13;;;/h7,9H,4-6,8,11-12H2,1-3H3;2*1H;/q-1;;;. The summed E-state index contributed by atoms with van der Waals surface area (Å²) in [5.74, 6) is 0. The fraction of sp³-hybridized carbons (Fsp3) is 0.714. The van der Waals surface area contributed by atoms with Crippen LogP contribution < -0.4 is 0 Å². The zero-order valence-corrected chi connectivity index (χ0v) is 15.3. The minimum atomic E-state index is 0. The predicted molar refractivity (Wildman–Crippen MR) is 77.5 cm³/mol. The zero-order chi connectivity index (χ0) is 10.4. The number of halogens is 2. The maximum absolute atomic E-state index is 3.52. The third-order valence-corrected chi connectivity index (χ3v) is 3.40. The van der Waals surface area contributed by atoms with E-state index in [1.54, 1.807) is 0 Å². The van der Waals surface area contributed by atoms with Crippen LogP contribution in [0.2, 0.25) is 0 Å². The topological polar surface area (TPSA) is 0 Å². The van der Waals surface area contributed by atoms with Crippen molar-refractivity contribution in [2.24, 2.45) is 5.41 Å². The third-order valence-electron chi connectivity index (χ3n) is 3.40. The first-order valence-electron chi connectivity index (χ1n) is 6.07. The summed E-state index contributed by atoms with van der Waals surface area (Å²) in [5, 5.41) is 0. The van der Waals surface area contributed by atoms with Crippen LogP contribution >= 0.6 is 24.8 Å². The van der Waals surface area contributed by atoms with Gasteiger partial charge in [0.25, 0.3) is 0 Å². The Kier molecular flexibility index (Phi) is 16.3. The maximum Gasteiger partial charge on any atom is 0 e. The van der Waals surface area contributed by atoms with Crippen molar-refractivity contribution in [3.63, 3.8) is 0 Å². The molecule has 0 nitrogen and oxygen atoms in total. The Labute approximate surface area is 139 Å². The molecule has 1 aliphatic rings. The van der Waals surface area contributed by atoms with E-state index in [1.807, 2.05) is 0 Å². The molecule has 3 heteroatoms. The summed E-state index contributed by atoms with van der Waals surface area (Å²) in [6.45, 7) is 6.91. The molecule has 0 saturated heterocycles. The van der Waals surface area contributed by atoms with Crippen molar-refractivity contribution in [2.75, 3.05) is 0 Å². The van der Waals surface area contributed by atoms with Crippen LogP contribution in [0.1, 0.15) is 59.3 Å². The van der Waals surface area contributed by atoms with Crippen molar-refractivity contribution in [1.82, 2.24) is 0 Å². The van der Waals surface area contributed by atoms with Gasteiger partial charge in [-0.05, 0) is 24.7 Å². The zero-order valence-electron chi connectivity index (χ0n) is 11.2. The molecule has 0 saturated carbocycles. The van der Waals surface area contributed by atoms with E-state index in [-0.39, 0.29) is 51.0 Å². The van der Waals surface area contributed by atoms with Crippen LogP contribution in [0.3, 0.4) is 0 Å². The van der Waals surface area contributed by atoms with Gasteiger partial charge in [-0.2, -0.15) is 6.08 Å². The fourth-order valence-electron chi connectivity index (χ4n) is 2.66. The Morgan fingerprint density at radius 3 is 1.94 bits per heavy atom. The second-order valence-corrected chi connectivity index (χ2v) is 4.33. The van der Waals surface area contributed by atoms with Gasteiger partial charge in [-0.15, -0.1) is 31.2 Å². The van der Waals surface area contributed by atoms with Crippen molar-refractivity contribution < 1.29 is 26.2 Å². The van der Waals surface area contributed by atoms with Crippen molar-refractivity contribution in [1.29, 1.82) is 0 Å². The second kappa shape index (κ2) is 12.0. The molecule has 0 unspecified atom stereocenters. The van der Waals surface area contributed by atoms with Gasteiger partial charge in [-0.1, -0.05) is 33.6 Å². The first-order chi connectivity index (χ1) is 6.79. The van der Waals surface area contributed by atoms with Gasteiger partial charge in [-0.3, -0.25) is 6.08 Å². The Balaban J connectivity index is -0.000000653. The monoisotopic (exact) mass is 353 g/mol. The Hall–Kier alpha value is 0.943. The number of hydrogen-bond acceptors (Lipinski definition) is 0. The van der Waals surface area contributed by atoms with Gasteiger partial charge in [0.2, 0.25) is 0 Å². The number of hydrogen-bond donors (Lipinski definition) is 0. The van der Waals surface area contributed by atoms with Crippen LogP contribution in [0.15, 0.2) is 17.7 Å². The van der Waals surface area contributed by atoms with E-state index in [1.165, 1.54) is 37.7 Å². The molecule has 0 fully saturated rings. The smallest absolute Gasteiger partial charge is 0 e. The SMILES string of the molecule is CCCC(CC)(CCC)C1=[C-]CC=C1.Cl.Cl.[Zr]. The van der Waals surface area contributed by atoms with E-state index in [4.69, 9.17) is 0 Å². The quantitative estimate of drug-likeness (QED) is 0.551. The summed E-state index contributed by atoms with van der Waals surface area (Å²) < 4.78 is 0. The Morgan fingerprint density at radius 1 is 1.12 bits per heavy atom. The largest absolute Gasteiger partial charge is 0.269 e. The van der Waals surface area contributed by atoms with E-state index in [0.717, 1.165) is 6.42 Å². The summed E-state index contributed by atoms with van der Waals surface area (Å²) in [4.78, 5) is 0. The number of allylic oxidation sites excluding steroid dienone is 4. The van der Waals surface area contributed by atoms with Crippen LogP contribution in [0.25, 0.3) is 0 Å². The first-order valence-corrected chi connectivity index (χ1v) is 6.07. The predicted octanol–water partition coefficient (Wildman–Crippen LogP) is 5.51. The number of rotatable bonds is 6. The van der Waals surface area contributed by atoms with Gasteiger partial charge in [0, 0.05) is 26.2 Å².